The van der Waals surface area contributed by atoms with Crippen molar-refractivity contribution in [3.8, 4) is 0 Å². The second-order valence-corrected chi connectivity index (χ2v) is 1.43. The molecule has 0 aliphatic carbocycles. The summed E-state index contributed by atoms with van der Waals surface area (Å²) in [5.74, 6) is 0. The summed E-state index contributed by atoms with van der Waals surface area (Å²) >= 11 is -5.00. The van der Waals surface area contributed by atoms with Crippen LogP contribution in [0.1, 0.15) is 0 Å². The predicted octanol–water partition coefficient (Wildman–Crippen LogP) is -0.362. The SMILES string of the molecule is S.[O]=[Pr]=[O].[O]=[Pr]=[O]. The molecule has 4 nitrogen and oxygen atoms in total. The number of hydrogen-bond acceptors (Lipinski definition) is 4. The average Bonchev–Trinajstić information content (AvgIpc) is 1.39. The Morgan fingerprint density at radius 1 is 0.714 bits per heavy atom. The van der Waals surface area contributed by atoms with E-state index in [2.05, 4.69) is 0 Å². The molecule has 0 atom stereocenters. The normalized spacial score (nSPS) is 2.29. The van der Waals surface area contributed by atoms with Crippen LogP contribution in [0.5, 0.6) is 0 Å². The second kappa shape index (κ2) is 24.0. The maximum absolute atomic E-state index is 8.58. The summed E-state index contributed by atoms with van der Waals surface area (Å²) in [4.78, 5) is 0. The predicted molar refractivity (Wildman–Crippen MR) is 13.1 cm³/mol. The molecule has 0 bridgehead atoms. The first-order valence-electron chi connectivity index (χ1n) is 0.943. The van der Waals surface area contributed by atoms with Gasteiger partial charge in [-0.1, -0.05) is 0 Å². The van der Waals surface area contributed by atoms with E-state index in [4.69, 9.17) is 3.98 Å². The molecule has 7 heteroatoms. The van der Waals surface area contributed by atoms with Crippen LogP contribution < -0.4 is 0 Å². The van der Waals surface area contributed by atoms with E-state index < -0.39 is 74.7 Å². The van der Waals surface area contributed by atoms with Crippen LogP contribution in [-0.4, -0.2) is 0 Å². The van der Waals surface area contributed by atoms with Crippen molar-refractivity contribution in [1.29, 1.82) is 0 Å². The van der Waals surface area contributed by atoms with Gasteiger partial charge in [-0.3, -0.25) is 0 Å². The molecule has 7 heavy (non-hydrogen) atoms. The van der Waals surface area contributed by atoms with Crippen molar-refractivity contribution in [3.63, 3.8) is 0 Å². The first-order valence-corrected chi connectivity index (χ1v) is 6.99. The monoisotopic (exact) mass is 380 g/mol. The van der Waals surface area contributed by atoms with E-state index in [0.29, 0.717) is 0 Å². The standard InChI is InChI=1S/4O.2Pr.H2S/h;;;;;;1H2. The Morgan fingerprint density at radius 3 is 0.714 bits per heavy atom. The molecule has 0 amide bonds. The molecule has 0 aliphatic heterocycles. The Bertz CT molecular complexity index is 63.7. The second-order valence-electron chi connectivity index (χ2n) is 0.192. The van der Waals surface area contributed by atoms with E-state index in [1.165, 1.54) is 0 Å². The summed E-state index contributed by atoms with van der Waals surface area (Å²) in [6.45, 7) is 0. The van der Waals surface area contributed by atoms with Crippen LogP contribution in [0.4, 0.5) is 0 Å². The summed E-state index contributed by atoms with van der Waals surface area (Å²) in [5.41, 5.74) is 0. The van der Waals surface area contributed by atoms with E-state index in [1.807, 2.05) is 0 Å². The molecule has 0 spiro atoms. The van der Waals surface area contributed by atoms with Crippen molar-refractivity contribution < 1.29 is 78.7 Å². The van der Waals surface area contributed by atoms with Gasteiger partial charge in [0.05, 0.1) is 0 Å². The Balaban J connectivity index is -0.0000000400. The van der Waals surface area contributed by atoms with E-state index in [-0.39, 0.29) is 13.5 Å². The summed E-state index contributed by atoms with van der Waals surface area (Å²) in [5, 5.41) is 0. The zero-order valence-corrected chi connectivity index (χ0v) is 11.7. The molecular formula is H2O4Pr2S. The van der Waals surface area contributed by atoms with E-state index >= 15 is 0 Å². The van der Waals surface area contributed by atoms with Gasteiger partial charge in [0, 0.05) is 0 Å². The van der Waals surface area contributed by atoms with Crippen LogP contribution in [0.2, 0.25) is 0 Å². The van der Waals surface area contributed by atoms with Gasteiger partial charge >= 0.3 is 78.7 Å². The van der Waals surface area contributed by atoms with Crippen LogP contribution in [0.3, 0.4) is 0 Å². The van der Waals surface area contributed by atoms with Crippen LogP contribution >= 0.6 is 13.5 Å². The summed E-state index contributed by atoms with van der Waals surface area (Å²) in [6, 6.07) is 0. The van der Waals surface area contributed by atoms with E-state index in [1.54, 1.807) is 0 Å². The van der Waals surface area contributed by atoms with Crippen LogP contribution in [0.25, 0.3) is 0 Å². The van der Waals surface area contributed by atoms with Gasteiger partial charge < -0.3 is 0 Å². The van der Waals surface area contributed by atoms with E-state index in [9.17, 15) is 0 Å². The fourth-order valence-electron chi connectivity index (χ4n) is 0. The van der Waals surface area contributed by atoms with Crippen molar-refractivity contribution in [2.24, 2.45) is 0 Å². The average molecular weight is 380 g/mol. The zero-order valence-electron chi connectivity index (χ0n) is 3.29. The third-order valence-corrected chi connectivity index (χ3v) is 0. The van der Waals surface area contributed by atoms with Crippen molar-refractivity contribution in [2.45, 2.75) is 0 Å². The van der Waals surface area contributed by atoms with Gasteiger partial charge in [-0.05, 0) is 0 Å². The van der Waals surface area contributed by atoms with Gasteiger partial charge in [-0.2, -0.15) is 13.5 Å². The van der Waals surface area contributed by atoms with Crippen molar-refractivity contribution >= 4 is 13.5 Å². The quantitative estimate of drug-likeness (QED) is 0.576. The maximum atomic E-state index is 8.58. The van der Waals surface area contributed by atoms with Crippen LogP contribution in [-0.2, 0) is 3.98 Å². The molecule has 0 aromatic carbocycles. The molecule has 0 fully saturated rings. The van der Waals surface area contributed by atoms with Gasteiger partial charge in [0.1, 0.15) is 0 Å². The Kier molecular flexibility index (Phi) is 55.2. The van der Waals surface area contributed by atoms with Gasteiger partial charge in [0.15, 0.2) is 0 Å². The minimum atomic E-state index is -2.50. The zero-order chi connectivity index (χ0) is 5.41. The molecule has 0 aromatic rings. The fraction of sp³-hybridized carbons (Fsp3) is 0. The molecule has 0 heterocycles. The van der Waals surface area contributed by atoms with E-state index in [0.717, 1.165) is 0 Å². The Morgan fingerprint density at radius 2 is 0.714 bits per heavy atom. The molecule has 0 aromatic heterocycles. The van der Waals surface area contributed by atoms with Crippen molar-refractivity contribution in [1.82, 2.24) is 0 Å². The fourth-order valence-corrected chi connectivity index (χ4v) is 0. The summed E-state index contributed by atoms with van der Waals surface area (Å²) in [7, 11) is 0. The molecule has 38 valence electrons. The van der Waals surface area contributed by atoms with Crippen molar-refractivity contribution in [3.05, 3.63) is 0 Å². The third-order valence-electron chi connectivity index (χ3n) is 0. The topological polar surface area (TPSA) is 68.3 Å². The van der Waals surface area contributed by atoms with Gasteiger partial charge in [0.2, 0.25) is 0 Å². The summed E-state index contributed by atoms with van der Waals surface area (Å²) in [6.07, 6.45) is 0. The van der Waals surface area contributed by atoms with Gasteiger partial charge in [0.25, 0.3) is 0 Å². The molecule has 0 rings (SSSR count). The van der Waals surface area contributed by atoms with Crippen LogP contribution in [0.15, 0.2) is 0 Å². The van der Waals surface area contributed by atoms with Gasteiger partial charge in [-0.15, -0.1) is 0 Å². The van der Waals surface area contributed by atoms with Crippen molar-refractivity contribution in [2.75, 3.05) is 0 Å². The first kappa shape index (κ1) is 16.1. The number of rotatable bonds is 0. The molecular weight excluding hydrogens is 378 g/mol. The molecule has 0 radical (unpaired) electrons. The molecule has 0 unspecified atom stereocenters. The Hall–Kier alpha value is 2.28. The first-order chi connectivity index (χ1) is 2.83. The molecule has 0 N–H and O–H groups in total. The Labute approximate surface area is 89.6 Å². The molecule has 0 saturated heterocycles. The number of hydrogen-bond donors (Lipinski definition) is 0. The minimum absolute atomic E-state index is 0. The van der Waals surface area contributed by atoms with Crippen LogP contribution in [0, 0.1) is 74.7 Å². The van der Waals surface area contributed by atoms with Gasteiger partial charge in [-0.25, -0.2) is 0 Å². The summed E-state index contributed by atoms with van der Waals surface area (Å²) < 4.78 is 34.3. The molecule has 0 aliphatic rings. The third kappa shape index (κ3) is 62.9. The molecule has 0 saturated carbocycles.